The molecule has 0 aliphatic carbocycles. The smallest absolute Gasteiger partial charge is 0.220 e. The summed E-state index contributed by atoms with van der Waals surface area (Å²) >= 11 is 3.77. The van der Waals surface area contributed by atoms with E-state index in [-0.39, 0.29) is 0 Å². The number of benzene rings is 4. The molecule has 0 amide bonds. The Balaban J connectivity index is 1.73. The summed E-state index contributed by atoms with van der Waals surface area (Å²) in [6.45, 7) is 0. The van der Waals surface area contributed by atoms with Gasteiger partial charge in [-0.3, -0.25) is 8.97 Å². The van der Waals surface area contributed by atoms with E-state index in [4.69, 9.17) is 9.40 Å². The predicted molar refractivity (Wildman–Crippen MR) is 125 cm³/mol. The van der Waals surface area contributed by atoms with Crippen molar-refractivity contribution < 1.29 is 4.42 Å². The summed E-state index contributed by atoms with van der Waals surface area (Å²) in [7, 11) is 0. The average Bonchev–Trinajstić information content (AvgIpc) is 3.42. The molecule has 0 aliphatic heterocycles. The summed E-state index contributed by atoms with van der Waals surface area (Å²) in [5, 5.41) is 2.23. The van der Waals surface area contributed by atoms with E-state index in [0.29, 0.717) is 0 Å². The Morgan fingerprint density at radius 3 is 2.47 bits per heavy atom. The molecule has 7 rings (SSSR count). The highest BCUT2D eigenvalue weighted by atomic mass is 79.9. The van der Waals surface area contributed by atoms with Crippen LogP contribution in [0.4, 0.5) is 0 Å². The van der Waals surface area contributed by atoms with Crippen LogP contribution < -0.4 is 0 Å². The molecule has 0 fully saturated rings. The molecular formula is C25H14BrN3O. The molecule has 0 bridgehead atoms. The molecule has 0 N–H and O–H groups in total. The fraction of sp³-hybridized carbons (Fsp3) is 0. The Hall–Kier alpha value is -3.57. The normalized spacial score (nSPS) is 12.2. The molecule has 0 radical (unpaired) electrons. The zero-order valence-corrected chi connectivity index (χ0v) is 17.3. The molecule has 30 heavy (non-hydrogen) atoms. The number of hydrogen-bond donors (Lipinski definition) is 0. The number of nitrogens with zero attached hydrogens (tertiary/aromatic N) is 3. The maximum absolute atomic E-state index is 6.34. The van der Waals surface area contributed by atoms with Gasteiger partial charge in [0.15, 0.2) is 5.58 Å². The van der Waals surface area contributed by atoms with Gasteiger partial charge >= 0.3 is 0 Å². The van der Waals surface area contributed by atoms with E-state index in [1.165, 1.54) is 0 Å². The van der Waals surface area contributed by atoms with Gasteiger partial charge in [-0.15, -0.1) is 0 Å². The first-order valence-corrected chi connectivity index (χ1v) is 10.6. The first-order valence-electron chi connectivity index (χ1n) is 9.78. The maximum atomic E-state index is 6.34. The first-order chi connectivity index (χ1) is 14.8. The summed E-state index contributed by atoms with van der Waals surface area (Å²) in [6.07, 6.45) is 0. The molecular weight excluding hydrogens is 438 g/mol. The van der Waals surface area contributed by atoms with Crippen LogP contribution in [-0.4, -0.2) is 14.0 Å². The molecule has 5 heteroatoms. The van der Waals surface area contributed by atoms with Crippen molar-refractivity contribution in [2.24, 2.45) is 0 Å². The predicted octanol–water partition coefficient (Wildman–Crippen LogP) is 7.09. The second-order valence-corrected chi connectivity index (χ2v) is 8.29. The van der Waals surface area contributed by atoms with Gasteiger partial charge in [-0.1, -0.05) is 48.5 Å². The van der Waals surface area contributed by atoms with Gasteiger partial charge in [0.05, 0.1) is 27.8 Å². The van der Waals surface area contributed by atoms with E-state index >= 15 is 0 Å². The van der Waals surface area contributed by atoms with Crippen LogP contribution >= 0.6 is 15.9 Å². The van der Waals surface area contributed by atoms with Crippen molar-refractivity contribution >= 4 is 65.7 Å². The highest BCUT2D eigenvalue weighted by Gasteiger charge is 2.21. The van der Waals surface area contributed by atoms with Crippen molar-refractivity contribution in [3.63, 3.8) is 0 Å². The SMILES string of the molecule is Brc1cccc2c1n1c3ccccc3nc1n2-c1cccc2c1oc1ccccc12. The number of furan rings is 1. The third-order valence-corrected chi connectivity index (χ3v) is 6.44. The minimum absolute atomic E-state index is 0.866. The summed E-state index contributed by atoms with van der Waals surface area (Å²) in [5.74, 6) is 0.867. The Bertz CT molecular complexity index is 1770. The molecule has 0 aliphatic rings. The monoisotopic (exact) mass is 451 g/mol. The van der Waals surface area contributed by atoms with E-state index in [9.17, 15) is 0 Å². The third-order valence-electron chi connectivity index (χ3n) is 5.80. The van der Waals surface area contributed by atoms with Crippen LogP contribution in [0.2, 0.25) is 0 Å². The van der Waals surface area contributed by atoms with E-state index in [1.807, 2.05) is 24.3 Å². The van der Waals surface area contributed by atoms with Gasteiger partial charge in [0.1, 0.15) is 5.58 Å². The fourth-order valence-corrected chi connectivity index (χ4v) is 5.08. The van der Waals surface area contributed by atoms with Crippen LogP contribution in [0.15, 0.2) is 93.8 Å². The standard InChI is InChI=1S/C25H14BrN3O/c26-17-9-6-12-20-23(17)29-19-11-3-2-10-18(19)27-25(29)28(20)21-13-5-8-16-15-7-1-4-14-22(15)30-24(16)21/h1-14H. The minimum Gasteiger partial charge on any atom is -0.454 e. The first kappa shape index (κ1) is 16.3. The van der Waals surface area contributed by atoms with Crippen molar-refractivity contribution in [2.75, 3.05) is 0 Å². The molecule has 7 aromatic rings. The maximum Gasteiger partial charge on any atom is 0.220 e. The Labute approximate surface area is 179 Å². The average molecular weight is 452 g/mol. The summed E-state index contributed by atoms with van der Waals surface area (Å²) < 4.78 is 11.8. The zero-order valence-electron chi connectivity index (χ0n) is 15.7. The number of halogens is 1. The number of aromatic nitrogens is 3. The van der Waals surface area contributed by atoms with Gasteiger partial charge in [0.2, 0.25) is 5.78 Å². The second kappa shape index (κ2) is 5.74. The molecule has 3 heterocycles. The lowest BCUT2D eigenvalue weighted by Gasteiger charge is -2.06. The number of rotatable bonds is 1. The zero-order chi connectivity index (χ0) is 19.8. The Morgan fingerprint density at radius 2 is 1.50 bits per heavy atom. The fourth-order valence-electron chi connectivity index (χ4n) is 4.54. The lowest BCUT2D eigenvalue weighted by Crippen LogP contribution is -1.95. The molecule has 4 aromatic carbocycles. The topological polar surface area (TPSA) is 35.4 Å². The second-order valence-electron chi connectivity index (χ2n) is 7.43. The van der Waals surface area contributed by atoms with Crippen molar-refractivity contribution in [2.45, 2.75) is 0 Å². The van der Waals surface area contributed by atoms with Crippen LogP contribution in [-0.2, 0) is 0 Å². The van der Waals surface area contributed by atoms with Crippen molar-refractivity contribution in [3.8, 4) is 5.69 Å². The van der Waals surface area contributed by atoms with Crippen LogP contribution in [0, 0.1) is 0 Å². The highest BCUT2D eigenvalue weighted by Crippen LogP contribution is 2.37. The van der Waals surface area contributed by atoms with Crippen LogP contribution in [0.1, 0.15) is 0 Å². The third kappa shape index (κ3) is 1.97. The molecule has 0 saturated heterocycles. The van der Waals surface area contributed by atoms with E-state index in [2.05, 4.69) is 85.6 Å². The lowest BCUT2D eigenvalue weighted by atomic mass is 10.1. The van der Waals surface area contributed by atoms with Gasteiger partial charge in [-0.25, -0.2) is 4.98 Å². The molecule has 0 saturated carbocycles. The van der Waals surface area contributed by atoms with Gasteiger partial charge in [0, 0.05) is 15.2 Å². The van der Waals surface area contributed by atoms with Crippen molar-refractivity contribution in [1.29, 1.82) is 0 Å². The van der Waals surface area contributed by atoms with Gasteiger partial charge in [-0.2, -0.15) is 0 Å². The number of hydrogen-bond acceptors (Lipinski definition) is 2. The molecule has 4 nitrogen and oxygen atoms in total. The Morgan fingerprint density at radius 1 is 0.733 bits per heavy atom. The molecule has 3 aromatic heterocycles. The van der Waals surface area contributed by atoms with Crippen molar-refractivity contribution in [3.05, 3.63) is 89.4 Å². The highest BCUT2D eigenvalue weighted by molar-refractivity contribution is 9.10. The van der Waals surface area contributed by atoms with Gasteiger partial charge in [-0.05, 0) is 52.3 Å². The summed E-state index contributed by atoms with van der Waals surface area (Å²) in [4.78, 5) is 4.99. The van der Waals surface area contributed by atoms with E-state index < -0.39 is 0 Å². The minimum atomic E-state index is 0.866. The molecule has 0 unspecified atom stereocenters. The number of fused-ring (bicyclic) bond motifs is 8. The molecule has 0 atom stereocenters. The van der Waals surface area contributed by atoms with Gasteiger partial charge < -0.3 is 4.42 Å². The van der Waals surface area contributed by atoms with Crippen LogP contribution in [0.3, 0.4) is 0 Å². The number of para-hydroxylation sites is 5. The summed E-state index contributed by atoms with van der Waals surface area (Å²) in [6, 6.07) is 29.0. The van der Waals surface area contributed by atoms with Crippen LogP contribution in [0.5, 0.6) is 0 Å². The lowest BCUT2D eigenvalue weighted by molar-refractivity contribution is 0.666. The van der Waals surface area contributed by atoms with Gasteiger partial charge in [0.25, 0.3) is 0 Å². The van der Waals surface area contributed by atoms with E-state index in [1.54, 1.807) is 0 Å². The number of imidazole rings is 2. The van der Waals surface area contributed by atoms with Crippen molar-refractivity contribution in [1.82, 2.24) is 14.0 Å². The van der Waals surface area contributed by atoms with Crippen LogP contribution in [0.25, 0.3) is 55.5 Å². The summed E-state index contributed by atoms with van der Waals surface area (Å²) in [5.41, 5.74) is 6.96. The molecule has 142 valence electrons. The largest absolute Gasteiger partial charge is 0.454 e. The quantitative estimate of drug-likeness (QED) is 0.267. The Kier molecular flexibility index (Phi) is 3.11. The van der Waals surface area contributed by atoms with E-state index in [0.717, 1.165) is 59.9 Å². The molecule has 0 spiro atoms.